The van der Waals surface area contributed by atoms with Crippen LogP contribution in [0.3, 0.4) is 0 Å². The number of nitrogens with zero attached hydrogens (tertiary/aromatic N) is 5. The van der Waals surface area contributed by atoms with Gasteiger partial charge in [0.2, 0.25) is 5.95 Å². The fourth-order valence-corrected chi connectivity index (χ4v) is 2.71. The van der Waals surface area contributed by atoms with Gasteiger partial charge in [0.1, 0.15) is 6.33 Å². The third-order valence-corrected chi connectivity index (χ3v) is 3.73. The van der Waals surface area contributed by atoms with Crippen molar-refractivity contribution in [2.24, 2.45) is 0 Å². The van der Waals surface area contributed by atoms with Crippen molar-refractivity contribution in [2.75, 3.05) is 5.32 Å². The summed E-state index contributed by atoms with van der Waals surface area (Å²) in [7, 11) is 0. The van der Waals surface area contributed by atoms with Gasteiger partial charge in [0.25, 0.3) is 0 Å². The minimum Gasteiger partial charge on any atom is -0.348 e. The van der Waals surface area contributed by atoms with Crippen LogP contribution < -0.4 is 5.32 Å². The van der Waals surface area contributed by atoms with Crippen molar-refractivity contribution in [3.05, 3.63) is 54.1 Å². The first-order valence-corrected chi connectivity index (χ1v) is 7.15. The van der Waals surface area contributed by atoms with Crippen LogP contribution in [0.2, 0.25) is 0 Å². The summed E-state index contributed by atoms with van der Waals surface area (Å²) in [5, 5.41) is 16.0. The Morgan fingerprint density at radius 2 is 2.10 bits per heavy atom. The van der Waals surface area contributed by atoms with E-state index in [0.29, 0.717) is 6.54 Å². The van der Waals surface area contributed by atoms with Crippen LogP contribution in [0.4, 0.5) is 5.95 Å². The zero-order chi connectivity index (χ0) is 14.1. The van der Waals surface area contributed by atoms with E-state index in [1.165, 1.54) is 12.1 Å². The summed E-state index contributed by atoms with van der Waals surface area (Å²) < 4.78 is 4.03. The SMILES string of the molecule is c1ccc(-n2cnnc2NCc2cc3n(n2)CCC3)cc1. The maximum Gasteiger partial charge on any atom is 0.229 e. The van der Waals surface area contributed by atoms with Crippen molar-refractivity contribution >= 4 is 5.95 Å². The summed E-state index contributed by atoms with van der Waals surface area (Å²) in [5.41, 5.74) is 3.42. The lowest BCUT2D eigenvalue weighted by Gasteiger charge is -2.07. The van der Waals surface area contributed by atoms with E-state index in [0.717, 1.165) is 30.3 Å². The predicted octanol–water partition coefficient (Wildman–Crippen LogP) is 2.02. The summed E-state index contributed by atoms with van der Waals surface area (Å²) in [6.45, 7) is 1.70. The maximum atomic E-state index is 4.59. The second-order valence-corrected chi connectivity index (χ2v) is 5.17. The average molecular weight is 280 g/mol. The predicted molar refractivity (Wildman–Crippen MR) is 79.2 cm³/mol. The number of hydrogen-bond acceptors (Lipinski definition) is 4. The Labute approximate surface area is 122 Å². The molecule has 0 saturated carbocycles. The molecular formula is C15H16N6. The van der Waals surface area contributed by atoms with Gasteiger partial charge in [-0.3, -0.25) is 9.25 Å². The monoisotopic (exact) mass is 280 g/mol. The topological polar surface area (TPSA) is 60.6 Å². The Morgan fingerprint density at radius 3 is 2.95 bits per heavy atom. The molecule has 0 atom stereocenters. The van der Waals surface area contributed by atoms with Crippen molar-refractivity contribution < 1.29 is 0 Å². The van der Waals surface area contributed by atoms with Crippen LogP contribution >= 0.6 is 0 Å². The Morgan fingerprint density at radius 1 is 1.19 bits per heavy atom. The molecule has 2 aromatic heterocycles. The average Bonchev–Trinajstić information content (AvgIpc) is 3.21. The molecule has 106 valence electrons. The van der Waals surface area contributed by atoms with Crippen LogP contribution in [0, 0.1) is 0 Å². The zero-order valence-electron chi connectivity index (χ0n) is 11.6. The van der Waals surface area contributed by atoms with Crippen molar-refractivity contribution in [1.82, 2.24) is 24.5 Å². The third kappa shape index (κ3) is 2.29. The van der Waals surface area contributed by atoms with Crippen LogP contribution in [-0.4, -0.2) is 24.5 Å². The summed E-state index contributed by atoms with van der Waals surface area (Å²) in [4.78, 5) is 0. The van der Waals surface area contributed by atoms with Crippen LogP contribution in [0.1, 0.15) is 17.8 Å². The molecule has 1 aliphatic rings. The molecule has 3 aromatic rings. The van der Waals surface area contributed by atoms with E-state index in [2.05, 4.69) is 31.4 Å². The molecule has 0 amide bonds. The molecule has 1 aromatic carbocycles. The quantitative estimate of drug-likeness (QED) is 0.794. The number of benzene rings is 1. The first-order valence-electron chi connectivity index (χ1n) is 7.15. The van der Waals surface area contributed by atoms with Gasteiger partial charge in [0, 0.05) is 12.2 Å². The van der Waals surface area contributed by atoms with Crippen LogP contribution in [0.5, 0.6) is 0 Å². The number of fused-ring (bicyclic) bond motifs is 1. The lowest BCUT2D eigenvalue weighted by atomic mass is 10.3. The van der Waals surface area contributed by atoms with Crippen LogP contribution in [0.25, 0.3) is 5.69 Å². The van der Waals surface area contributed by atoms with Crippen LogP contribution in [-0.2, 0) is 19.5 Å². The standard InChI is InChI=1S/C15H16N6/c1-2-5-13(6-3-1)20-11-17-18-15(20)16-10-12-9-14-7-4-8-21(14)19-12/h1-3,5-6,9,11H,4,7-8,10H2,(H,16,18). The van der Waals surface area contributed by atoms with Crippen LogP contribution in [0.15, 0.2) is 42.7 Å². The van der Waals surface area contributed by atoms with E-state index in [1.54, 1.807) is 6.33 Å². The summed E-state index contributed by atoms with van der Waals surface area (Å²) in [6, 6.07) is 12.2. The number of aryl methyl sites for hydroxylation is 2. The van der Waals surface area contributed by atoms with Gasteiger partial charge >= 0.3 is 0 Å². The Hall–Kier alpha value is -2.63. The summed E-state index contributed by atoms with van der Waals surface area (Å²) in [5.74, 6) is 0.731. The normalized spacial score (nSPS) is 13.3. The maximum absolute atomic E-state index is 4.59. The molecule has 0 saturated heterocycles. The molecule has 1 aliphatic heterocycles. The molecule has 0 unspecified atom stereocenters. The number of para-hydroxylation sites is 1. The Balaban J connectivity index is 1.51. The van der Waals surface area contributed by atoms with E-state index in [4.69, 9.17) is 0 Å². The van der Waals surface area contributed by atoms with E-state index >= 15 is 0 Å². The van der Waals surface area contributed by atoms with Gasteiger partial charge in [-0.15, -0.1) is 10.2 Å². The van der Waals surface area contributed by atoms with Gasteiger partial charge in [-0.25, -0.2) is 0 Å². The molecule has 0 spiro atoms. The minimum absolute atomic E-state index is 0.658. The number of rotatable bonds is 4. The highest BCUT2D eigenvalue weighted by Gasteiger charge is 2.14. The molecule has 6 nitrogen and oxygen atoms in total. The van der Waals surface area contributed by atoms with Crippen molar-refractivity contribution in [2.45, 2.75) is 25.9 Å². The molecular weight excluding hydrogens is 264 g/mol. The fraction of sp³-hybridized carbons (Fsp3) is 0.267. The summed E-state index contributed by atoms with van der Waals surface area (Å²) >= 11 is 0. The lowest BCUT2D eigenvalue weighted by Crippen LogP contribution is -2.07. The van der Waals surface area contributed by atoms with Gasteiger partial charge in [0.15, 0.2) is 0 Å². The molecule has 0 radical (unpaired) electrons. The number of hydrogen-bond donors (Lipinski definition) is 1. The molecule has 0 fully saturated rings. The largest absolute Gasteiger partial charge is 0.348 e. The molecule has 0 aliphatic carbocycles. The van der Waals surface area contributed by atoms with Gasteiger partial charge in [-0.05, 0) is 31.0 Å². The second-order valence-electron chi connectivity index (χ2n) is 5.17. The van der Waals surface area contributed by atoms with E-state index in [1.807, 2.05) is 34.9 Å². The minimum atomic E-state index is 0.658. The lowest BCUT2D eigenvalue weighted by molar-refractivity contribution is 0.645. The molecule has 0 bridgehead atoms. The molecule has 3 heterocycles. The molecule has 6 heteroatoms. The number of nitrogens with one attached hydrogen (secondary N) is 1. The van der Waals surface area contributed by atoms with Crippen molar-refractivity contribution in [3.8, 4) is 5.69 Å². The fourth-order valence-electron chi connectivity index (χ4n) is 2.71. The Bertz CT molecular complexity index is 721. The van der Waals surface area contributed by atoms with E-state index in [-0.39, 0.29) is 0 Å². The highest BCUT2D eigenvalue weighted by atomic mass is 15.3. The van der Waals surface area contributed by atoms with Crippen molar-refractivity contribution in [3.63, 3.8) is 0 Å². The summed E-state index contributed by atoms with van der Waals surface area (Å²) in [6.07, 6.45) is 4.05. The second kappa shape index (κ2) is 5.05. The molecule has 4 rings (SSSR count). The van der Waals surface area contributed by atoms with E-state index < -0.39 is 0 Å². The zero-order valence-corrected chi connectivity index (χ0v) is 11.6. The van der Waals surface area contributed by atoms with Gasteiger partial charge in [-0.2, -0.15) is 5.10 Å². The highest BCUT2D eigenvalue weighted by Crippen LogP contribution is 2.17. The van der Waals surface area contributed by atoms with Gasteiger partial charge in [-0.1, -0.05) is 18.2 Å². The number of anilines is 1. The third-order valence-electron chi connectivity index (χ3n) is 3.73. The van der Waals surface area contributed by atoms with Crippen molar-refractivity contribution in [1.29, 1.82) is 0 Å². The smallest absolute Gasteiger partial charge is 0.229 e. The first-order chi connectivity index (χ1) is 10.4. The first kappa shape index (κ1) is 12.1. The van der Waals surface area contributed by atoms with E-state index in [9.17, 15) is 0 Å². The Kier molecular flexibility index (Phi) is 2.92. The number of aromatic nitrogens is 5. The van der Waals surface area contributed by atoms with Gasteiger partial charge < -0.3 is 5.32 Å². The van der Waals surface area contributed by atoms with Gasteiger partial charge in [0.05, 0.1) is 17.9 Å². The highest BCUT2D eigenvalue weighted by molar-refractivity contribution is 5.40. The molecule has 1 N–H and O–H groups in total. The molecule has 21 heavy (non-hydrogen) atoms.